The van der Waals surface area contributed by atoms with E-state index in [1.54, 1.807) is 49.4 Å². The first-order valence-corrected chi connectivity index (χ1v) is 11.9. The lowest BCUT2D eigenvalue weighted by Gasteiger charge is -2.23. The van der Waals surface area contributed by atoms with Gasteiger partial charge in [0.1, 0.15) is 12.3 Å². The van der Waals surface area contributed by atoms with Crippen LogP contribution in [0, 0.1) is 0 Å². The second-order valence-electron chi connectivity index (χ2n) is 6.46. The van der Waals surface area contributed by atoms with E-state index in [0.717, 1.165) is 9.18 Å². The molecular formula is C22H23N3O4S2. The van der Waals surface area contributed by atoms with Crippen molar-refractivity contribution in [3.63, 3.8) is 0 Å². The molecule has 1 amide bonds. The zero-order valence-corrected chi connectivity index (χ0v) is 18.8. The number of amides is 1. The van der Waals surface area contributed by atoms with Gasteiger partial charge in [-0.25, -0.2) is 13.8 Å². The van der Waals surface area contributed by atoms with Crippen LogP contribution < -0.4 is 14.5 Å². The number of thiophene rings is 1. The van der Waals surface area contributed by atoms with E-state index in [1.807, 2.05) is 24.4 Å². The maximum Gasteiger partial charge on any atom is 0.264 e. The molecule has 3 aromatic rings. The van der Waals surface area contributed by atoms with Crippen molar-refractivity contribution < 1.29 is 17.9 Å². The highest BCUT2D eigenvalue weighted by molar-refractivity contribution is 7.92. The number of nitrogens with zero attached hydrogens (tertiary/aromatic N) is 2. The largest absolute Gasteiger partial charge is 0.494 e. The van der Waals surface area contributed by atoms with Crippen LogP contribution in [-0.4, -0.2) is 33.2 Å². The van der Waals surface area contributed by atoms with Gasteiger partial charge in [-0.3, -0.25) is 9.10 Å². The number of benzene rings is 2. The van der Waals surface area contributed by atoms with Gasteiger partial charge in [-0.15, -0.1) is 11.3 Å². The Hall–Kier alpha value is -3.17. The molecule has 1 heterocycles. The van der Waals surface area contributed by atoms with Crippen molar-refractivity contribution in [2.45, 2.75) is 18.7 Å². The van der Waals surface area contributed by atoms with Crippen LogP contribution in [0.2, 0.25) is 0 Å². The van der Waals surface area contributed by atoms with Crippen LogP contribution in [0.3, 0.4) is 0 Å². The van der Waals surface area contributed by atoms with E-state index < -0.39 is 22.5 Å². The molecule has 0 saturated carbocycles. The normalized spacial score (nSPS) is 11.7. The maximum atomic E-state index is 13.3. The molecular weight excluding hydrogens is 434 g/mol. The Morgan fingerprint density at radius 1 is 1.06 bits per heavy atom. The number of carbonyl (C=O) groups excluding carboxylic acids is 1. The molecule has 9 heteroatoms. The van der Waals surface area contributed by atoms with Crippen molar-refractivity contribution in [3.05, 3.63) is 77.0 Å². The van der Waals surface area contributed by atoms with Crippen LogP contribution in [0.25, 0.3) is 0 Å². The number of rotatable bonds is 9. The molecule has 1 N–H and O–H groups in total. The van der Waals surface area contributed by atoms with Gasteiger partial charge in [-0.1, -0.05) is 24.3 Å². The van der Waals surface area contributed by atoms with E-state index in [1.165, 1.54) is 23.5 Å². The number of hydrazone groups is 1. The third-order valence-corrected chi connectivity index (χ3v) is 7.05. The molecule has 0 aliphatic rings. The highest BCUT2D eigenvalue weighted by Crippen LogP contribution is 2.25. The number of nitrogens with one attached hydrogen (secondary N) is 1. The van der Waals surface area contributed by atoms with Crippen molar-refractivity contribution in [1.82, 2.24) is 5.43 Å². The molecule has 31 heavy (non-hydrogen) atoms. The number of anilines is 1. The fraction of sp³-hybridized carbons (Fsp3) is 0.182. The number of para-hydroxylation sites is 1. The van der Waals surface area contributed by atoms with Crippen LogP contribution in [0.15, 0.2) is 82.1 Å². The lowest BCUT2D eigenvalue weighted by molar-refractivity contribution is -0.119. The third-order valence-electron chi connectivity index (χ3n) is 4.28. The zero-order chi connectivity index (χ0) is 22.3. The molecule has 0 radical (unpaired) electrons. The summed E-state index contributed by atoms with van der Waals surface area (Å²) in [7, 11) is -3.99. The van der Waals surface area contributed by atoms with Crippen molar-refractivity contribution >= 4 is 38.7 Å². The minimum atomic E-state index is -3.99. The van der Waals surface area contributed by atoms with E-state index in [2.05, 4.69) is 10.5 Å². The number of ether oxygens (including phenoxy) is 1. The molecule has 162 valence electrons. The van der Waals surface area contributed by atoms with E-state index >= 15 is 0 Å². The summed E-state index contributed by atoms with van der Waals surface area (Å²) in [6.45, 7) is 3.69. The summed E-state index contributed by atoms with van der Waals surface area (Å²) in [4.78, 5) is 13.6. The van der Waals surface area contributed by atoms with Crippen LogP contribution >= 0.6 is 11.3 Å². The fourth-order valence-corrected chi connectivity index (χ4v) is 4.86. The molecule has 0 unspecified atom stereocenters. The summed E-state index contributed by atoms with van der Waals surface area (Å²) in [5, 5.41) is 6.00. The minimum absolute atomic E-state index is 0.0610. The molecule has 0 bridgehead atoms. The Labute approximate surface area is 186 Å². The summed E-state index contributed by atoms with van der Waals surface area (Å²) in [5.74, 6) is 0.0260. The summed E-state index contributed by atoms with van der Waals surface area (Å²) in [5.41, 5.74) is 3.47. The lowest BCUT2D eigenvalue weighted by Crippen LogP contribution is -2.39. The van der Waals surface area contributed by atoms with Gasteiger partial charge in [0, 0.05) is 4.88 Å². The van der Waals surface area contributed by atoms with Gasteiger partial charge >= 0.3 is 0 Å². The molecule has 3 rings (SSSR count). The first-order valence-electron chi connectivity index (χ1n) is 9.59. The quantitative estimate of drug-likeness (QED) is 0.390. The first-order chi connectivity index (χ1) is 14.9. The second-order valence-corrected chi connectivity index (χ2v) is 9.27. The lowest BCUT2D eigenvalue weighted by atomic mass is 10.3. The fourth-order valence-electron chi connectivity index (χ4n) is 2.76. The Morgan fingerprint density at radius 3 is 2.39 bits per heavy atom. The van der Waals surface area contributed by atoms with Gasteiger partial charge in [0.15, 0.2) is 0 Å². The van der Waals surface area contributed by atoms with Gasteiger partial charge in [-0.05, 0) is 61.7 Å². The SMILES string of the molecule is CCOc1ccc(S(=O)(=O)N(CC(=O)N/N=C(/C)c2cccs2)c2ccccc2)cc1. The van der Waals surface area contributed by atoms with Gasteiger partial charge in [-0.2, -0.15) is 5.10 Å². The number of sulfonamides is 1. The minimum Gasteiger partial charge on any atom is -0.494 e. The van der Waals surface area contributed by atoms with Crippen LogP contribution in [0.4, 0.5) is 5.69 Å². The van der Waals surface area contributed by atoms with Gasteiger partial charge in [0.2, 0.25) is 0 Å². The summed E-state index contributed by atoms with van der Waals surface area (Å²) < 4.78 is 33.1. The van der Waals surface area contributed by atoms with Crippen molar-refractivity contribution in [2.24, 2.45) is 5.10 Å². The van der Waals surface area contributed by atoms with Gasteiger partial charge in [0.05, 0.1) is 22.9 Å². The molecule has 0 atom stereocenters. The van der Waals surface area contributed by atoms with Crippen LogP contribution in [0.1, 0.15) is 18.7 Å². The summed E-state index contributed by atoms with van der Waals surface area (Å²) in [6.07, 6.45) is 0. The number of hydrogen-bond acceptors (Lipinski definition) is 6. The average molecular weight is 458 g/mol. The van der Waals surface area contributed by atoms with E-state index in [0.29, 0.717) is 23.8 Å². The van der Waals surface area contributed by atoms with Crippen molar-refractivity contribution in [2.75, 3.05) is 17.5 Å². The highest BCUT2D eigenvalue weighted by Gasteiger charge is 2.27. The maximum absolute atomic E-state index is 13.3. The molecule has 0 spiro atoms. The predicted molar refractivity (Wildman–Crippen MR) is 123 cm³/mol. The molecule has 1 aromatic heterocycles. The molecule has 2 aromatic carbocycles. The summed E-state index contributed by atoms with van der Waals surface area (Å²) in [6, 6.07) is 18.4. The van der Waals surface area contributed by atoms with Gasteiger partial charge in [0.25, 0.3) is 15.9 Å². The smallest absolute Gasteiger partial charge is 0.264 e. The van der Waals surface area contributed by atoms with Crippen molar-refractivity contribution in [3.8, 4) is 5.75 Å². The predicted octanol–water partition coefficient (Wildman–Crippen LogP) is 3.88. The number of hydrogen-bond donors (Lipinski definition) is 1. The first kappa shape index (κ1) is 22.5. The van der Waals surface area contributed by atoms with E-state index in [9.17, 15) is 13.2 Å². The standard InChI is InChI=1S/C22H23N3O4S2/c1-3-29-19-11-13-20(14-12-19)31(27,28)25(18-8-5-4-6-9-18)16-22(26)24-23-17(2)21-10-7-15-30-21/h4-15H,3,16H2,1-2H3,(H,24,26)/b23-17-. The third kappa shape index (κ3) is 5.71. The molecule has 0 aliphatic carbocycles. The Balaban J connectivity index is 1.84. The Morgan fingerprint density at radius 2 is 1.77 bits per heavy atom. The molecule has 0 aliphatic heterocycles. The Bertz CT molecular complexity index is 1130. The molecule has 0 saturated heterocycles. The Kier molecular flexibility index (Phi) is 7.43. The van der Waals surface area contributed by atoms with Gasteiger partial charge < -0.3 is 4.74 Å². The van der Waals surface area contributed by atoms with Crippen molar-refractivity contribution in [1.29, 1.82) is 0 Å². The van der Waals surface area contributed by atoms with Crippen LogP contribution in [0.5, 0.6) is 5.75 Å². The summed E-state index contributed by atoms with van der Waals surface area (Å²) >= 11 is 1.50. The number of carbonyl (C=O) groups is 1. The van der Waals surface area contributed by atoms with E-state index in [4.69, 9.17) is 4.74 Å². The van der Waals surface area contributed by atoms with Crippen LogP contribution in [-0.2, 0) is 14.8 Å². The highest BCUT2D eigenvalue weighted by atomic mass is 32.2. The molecule has 7 nitrogen and oxygen atoms in total. The van der Waals surface area contributed by atoms with E-state index in [-0.39, 0.29) is 4.90 Å². The monoisotopic (exact) mass is 457 g/mol. The zero-order valence-electron chi connectivity index (χ0n) is 17.2. The molecule has 0 fully saturated rings. The second kappa shape index (κ2) is 10.2. The topological polar surface area (TPSA) is 88.1 Å². The average Bonchev–Trinajstić information content (AvgIpc) is 3.32.